The fourth-order valence-corrected chi connectivity index (χ4v) is 2.34. The van der Waals surface area contributed by atoms with Gasteiger partial charge in [0, 0.05) is 12.0 Å². The van der Waals surface area contributed by atoms with Gasteiger partial charge in [-0.1, -0.05) is 19.4 Å². The standard InChI is InChI=1S/C15H22O6/c1-10(2)14(18)20-8-5-9-21-15(19)12-7-4-3-6-11(12)13(16)17/h11-12H,1,3-9H2,2H3,(H,16,17). The summed E-state index contributed by atoms with van der Waals surface area (Å²) in [5.74, 6) is -3.08. The fraction of sp³-hybridized carbons (Fsp3) is 0.667. The topological polar surface area (TPSA) is 89.9 Å². The van der Waals surface area contributed by atoms with Gasteiger partial charge in [-0.15, -0.1) is 0 Å². The Hall–Kier alpha value is -1.85. The van der Waals surface area contributed by atoms with Crippen molar-refractivity contribution in [3.8, 4) is 0 Å². The van der Waals surface area contributed by atoms with Crippen LogP contribution in [-0.2, 0) is 23.9 Å². The van der Waals surface area contributed by atoms with Crippen molar-refractivity contribution in [1.82, 2.24) is 0 Å². The number of carbonyl (C=O) groups is 3. The molecule has 0 radical (unpaired) electrons. The molecule has 1 N–H and O–H groups in total. The summed E-state index contributed by atoms with van der Waals surface area (Å²) in [6.07, 6.45) is 3.14. The third-order valence-electron chi connectivity index (χ3n) is 3.50. The molecule has 0 spiro atoms. The molecule has 0 heterocycles. The molecule has 2 atom stereocenters. The molecule has 0 amide bonds. The summed E-state index contributed by atoms with van der Waals surface area (Å²) in [5, 5.41) is 9.11. The molecular weight excluding hydrogens is 276 g/mol. The maximum absolute atomic E-state index is 11.9. The van der Waals surface area contributed by atoms with Crippen LogP contribution in [0, 0.1) is 11.8 Å². The van der Waals surface area contributed by atoms with Crippen LogP contribution in [0.1, 0.15) is 39.0 Å². The zero-order valence-corrected chi connectivity index (χ0v) is 12.3. The van der Waals surface area contributed by atoms with E-state index in [1.807, 2.05) is 0 Å². The predicted octanol–water partition coefficient (Wildman–Crippen LogP) is 1.93. The van der Waals surface area contributed by atoms with E-state index in [0.29, 0.717) is 24.8 Å². The van der Waals surface area contributed by atoms with Crippen LogP contribution in [0.4, 0.5) is 0 Å². The molecule has 0 aromatic heterocycles. The molecule has 0 bridgehead atoms. The minimum atomic E-state index is -0.938. The molecule has 0 saturated heterocycles. The van der Waals surface area contributed by atoms with E-state index in [1.165, 1.54) is 0 Å². The molecule has 1 rings (SSSR count). The van der Waals surface area contributed by atoms with Crippen molar-refractivity contribution < 1.29 is 29.0 Å². The lowest BCUT2D eigenvalue weighted by atomic mass is 9.79. The Labute approximate surface area is 124 Å². The average Bonchev–Trinajstić information content (AvgIpc) is 2.46. The molecule has 0 aliphatic heterocycles. The van der Waals surface area contributed by atoms with E-state index < -0.39 is 29.7 Å². The second-order valence-corrected chi connectivity index (χ2v) is 5.27. The highest BCUT2D eigenvalue weighted by molar-refractivity contribution is 5.86. The highest BCUT2D eigenvalue weighted by Crippen LogP contribution is 2.31. The quantitative estimate of drug-likeness (QED) is 0.439. The summed E-state index contributed by atoms with van der Waals surface area (Å²) in [4.78, 5) is 34.1. The molecule has 6 heteroatoms. The maximum atomic E-state index is 11.9. The first-order chi connectivity index (χ1) is 9.93. The second-order valence-electron chi connectivity index (χ2n) is 5.27. The van der Waals surface area contributed by atoms with Crippen molar-refractivity contribution in [3.63, 3.8) is 0 Å². The van der Waals surface area contributed by atoms with Crippen LogP contribution in [0.5, 0.6) is 0 Å². The first-order valence-electron chi connectivity index (χ1n) is 7.15. The molecule has 21 heavy (non-hydrogen) atoms. The summed E-state index contributed by atoms with van der Waals surface area (Å²) < 4.78 is 9.95. The average molecular weight is 298 g/mol. The highest BCUT2D eigenvalue weighted by atomic mass is 16.5. The Morgan fingerprint density at radius 1 is 1.10 bits per heavy atom. The largest absolute Gasteiger partial charge is 0.481 e. The summed E-state index contributed by atoms with van der Waals surface area (Å²) in [6, 6.07) is 0. The van der Waals surface area contributed by atoms with Crippen molar-refractivity contribution in [1.29, 1.82) is 0 Å². The minimum Gasteiger partial charge on any atom is -0.481 e. The van der Waals surface area contributed by atoms with Crippen LogP contribution in [-0.4, -0.2) is 36.2 Å². The third kappa shape index (κ3) is 5.57. The Bertz CT molecular complexity index is 414. The van der Waals surface area contributed by atoms with E-state index in [4.69, 9.17) is 14.6 Å². The number of aliphatic carboxylic acids is 1. The van der Waals surface area contributed by atoms with Gasteiger partial charge in [0.05, 0.1) is 25.0 Å². The lowest BCUT2D eigenvalue weighted by molar-refractivity contribution is -0.160. The number of carbonyl (C=O) groups excluding carboxylic acids is 2. The lowest BCUT2D eigenvalue weighted by Gasteiger charge is -2.26. The van der Waals surface area contributed by atoms with Crippen LogP contribution in [0.3, 0.4) is 0 Å². The zero-order chi connectivity index (χ0) is 15.8. The normalized spacial score (nSPS) is 21.4. The smallest absolute Gasteiger partial charge is 0.333 e. The second kappa shape index (κ2) is 8.44. The van der Waals surface area contributed by atoms with Gasteiger partial charge in [0.25, 0.3) is 0 Å². The van der Waals surface area contributed by atoms with Gasteiger partial charge in [-0.05, 0) is 19.8 Å². The molecule has 1 aliphatic rings. The third-order valence-corrected chi connectivity index (χ3v) is 3.50. The number of rotatable bonds is 7. The van der Waals surface area contributed by atoms with E-state index in [2.05, 4.69) is 6.58 Å². The van der Waals surface area contributed by atoms with Crippen LogP contribution in [0.25, 0.3) is 0 Å². The number of carboxylic acid groups (broad SMARTS) is 1. The highest BCUT2D eigenvalue weighted by Gasteiger charge is 2.36. The van der Waals surface area contributed by atoms with Crippen LogP contribution >= 0.6 is 0 Å². The van der Waals surface area contributed by atoms with Crippen molar-refractivity contribution in [2.24, 2.45) is 11.8 Å². The zero-order valence-electron chi connectivity index (χ0n) is 12.3. The van der Waals surface area contributed by atoms with E-state index in [1.54, 1.807) is 6.92 Å². The van der Waals surface area contributed by atoms with E-state index >= 15 is 0 Å². The molecule has 118 valence electrons. The summed E-state index contributed by atoms with van der Waals surface area (Å²) in [7, 11) is 0. The Balaban J connectivity index is 2.28. The molecule has 1 aliphatic carbocycles. The van der Waals surface area contributed by atoms with Gasteiger partial charge in [-0.2, -0.15) is 0 Å². The molecule has 0 aromatic carbocycles. The Kier molecular flexibility index (Phi) is 6.91. The van der Waals surface area contributed by atoms with Crippen molar-refractivity contribution in [3.05, 3.63) is 12.2 Å². The first kappa shape index (κ1) is 17.2. The number of esters is 2. The Morgan fingerprint density at radius 2 is 1.67 bits per heavy atom. The molecular formula is C15H22O6. The summed E-state index contributed by atoms with van der Waals surface area (Å²) in [5.41, 5.74) is 0.318. The molecule has 6 nitrogen and oxygen atoms in total. The maximum Gasteiger partial charge on any atom is 0.333 e. The molecule has 0 aromatic rings. The van der Waals surface area contributed by atoms with Crippen molar-refractivity contribution >= 4 is 17.9 Å². The fourth-order valence-electron chi connectivity index (χ4n) is 2.34. The van der Waals surface area contributed by atoms with Crippen LogP contribution < -0.4 is 0 Å². The van der Waals surface area contributed by atoms with Gasteiger partial charge in [-0.25, -0.2) is 4.79 Å². The van der Waals surface area contributed by atoms with Gasteiger partial charge in [0.2, 0.25) is 0 Å². The van der Waals surface area contributed by atoms with Crippen molar-refractivity contribution in [2.45, 2.75) is 39.0 Å². The summed E-state index contributed by atoms with van der Waals surface area (Å²) >= 11 is 0. The van der Waals surface area contributed by atoms with E-state index in [-0.39, 0.29) is 13.2 Å². The number of hydrogen-bond donors (Lipinski definition) is 1. The van der Waals surface area contributed by atoms with Crippen LogP contribution in [0.2, 0.25) is 0 Å². The van der Waals surface area contributed by atoms with Crippen LogP contribution in [0.15, 0.2) is 12.2 Å². The van der Waals surface area contributed by atoms with Crippen molar-refractivity contribution in [2.75, 3.05) is 13.2 Å². The van der Waals surface area contributed by atoms with Gasteiger partial charge >= 0.3 is 17.9 Å². The lowest BCUT2D eigenvalue weighted by Crippen LogP contribution is -2.34. The van der Waals surface area contributed by atoms with E-state index in [0.717, 1.165) is 12.8 Å². The van der Waals surface area contributed by atoms with Gasteiger partial charge in [0.15, 0.2) is 0 Å². The van der Waals surface area contributed by atoms with Gasteiger partial charge in [0.1, 0.15) is 0 Å². The predicted molar refractivity (Wildman–Crippen MR) is 74.4 cm³/mol. The Morgan fingerprint density at radius 3 is 2.24 bits per heavy atom. The monoisotopic (exact) mass is 298 g/mol. The number of ether oxygens (including phenoxy) is 2. The van der Waals surface area contributed by atoms with Gasteiger partial charge < -0.3 is 14.6 Å². The van der Waals surface area contributed by atoms with Gasteiger partial charge in [-0.3, -0.25) is 9.59 Å². The summed E-state index contributed by atoms with van der Waals surface area (Å²) in [6.45, 7) is 5.27. The minimum absolute atomic E-state index is 0.116. The molecule has 2 unspecified atom stereocenters. The number of hydrogen-bond acceptors (Lipinski definition) is 5. The number of carboxylic acids is 1. The SMILES string of the molecule is C=C(C)C(=O)OCCCOC(=O)C1CCCCC1C(=O)O. The first-order valence-corrected chi connectivity index (χ1v) is 7.15. The molecule has 1 saturated carbocycles. The van der Waals surface area contributed by atoms with E-state index in [9.17, 15) is 14.4 Å². The molecule has 1 fully saturated rings.